The van der Waals surface area contributed by atoms with Crippen LogP contribution in [-0.2, 0) is 9.63 Å². The summed E-state index contributed by atoms with van der Waals surface area (Å²) in [5.74, 6) is -0.231. The van der Waals surface area contributed by atoms with E-state index in [1.165, 1.54) is 12.1 Å². The molecule has 1 amide bonds. The number of anilines is 1. The van der Waals surface area contributed by atoms with Crippen LogP contribution in [0.25, 0.3) is 0 Å². The van der Waals surface area contributed by atoms with Crippen molar-refractivity contribution in [2.75, 3.05) is 5.32 Å². The Morgan fingerprint density at radius 2 is 2.19 bits per heavy atom. The second-order valence-electron chi connectivity index (χ2n) is 4.55. The lowest BCUT2D eigenvalue weighted by Gasteiger charge is -2.08. The van der Waals surface area contributed by atoms with Crippen LogP contribution in [-0.4, -0.2) is 22.7 Å². The van der Waals surface area contributed by atoms with Gasteiger partial charge in [0.25, 0.3) is 5.91 Å². The van der Waals surface area contributed by atoms with Gasteiger partial charge in [-0.05, 0) is 24.3 Å². The number of carbonyl (C=O) groups excluding carboxylic acids is 1. The Hall–Kier alpha value is -2.76. The molecule has 1 atom stereocenters. The van der Waals surface area contributed by atoms with Gasteiger partial charge in [-0.25, -0.2) is 9.37 Å². The minimum Gasteiger partial charge on any atom is -0.382 e. The van der Waals surface area contributed by atoms with Crippen molar-refractivity contribution in [2.45, 2.75) is 12.5 Å². The number of carbonyl (C=O) groups is 1. The van der Waals surface area contributed by atoms with Gasteiger partial charge in [-0.2, -0.15) is 0 Å². The molecule has 0 saturated carbocycles. The summed E-state index contributed by atoms with van der Waals surface area (Å²) in [4.78, 5) is 21.2. The van der Waals surface area contributed by atoms with Crippen LogP contribution in [0.3, 0.4) is 0 Å². The molecular weight excluding hydrogens is 273 g/mol. The van der Waals surface area contributed by atoms with E-state index in [9.17, 15) is 9.18 Å². The fourth-order valence-corrected chi connectivity index (χ4v) is 2.00. The molecule has 1 aliphatic heterocycles. The van der Waals surface area contributed by atoms with Crippen LogP contribution in [0.15, 0.2) is 53.8 Å². The molecule has 1 aromatic heterocycles. The van der Waals surface area contributed by atoms with Gasteiger partial charge < -0.3 is 10.2 Å². The Bertz CT molecular complexity index is 688. The highest BCUT2D eigenvalue weighted by Gasteiger charge is 2.29. The first-order chi connectivity index (χ1) is 10.2. The first kappa shape index (κ1) is 13.2. The van der Waals surface area contributed by atoms with Gasteiger partial charge >= 0.3 is 0 Å². The summed E-state index contributed by atoms with van der Waals surface area (Å²) in [5.41, 5.74) is 1.17. The molecule has 6 heteroatoms. The van der Waals surface area contributed by atoms with E-state index < -0.39 is 6.10 Å². The Kier molecular flexibility index (Phi) is 3.59. The van der Waals surface area contributed by atoms with Crippen LogP contribution >= 0.6 is 0 Å². The number of pyridine rings is 1. The first-order valence-corrected chi connectivity index (χ1v) is 6.43. The second-order valence-corrected chi connectivity index (χ2v) is 4.55. The van der Waals surface area contributed by atoms with Crippen molar-refractivity contribution < 1.29 is 14.0 Å². The molecule has 2 aromatic rings. The van der Waals surface area contributed by atoms with Crippen molar-refractivity contribution >= 4 is 17.4 Å². The van der Waals surface area contributed by atoms with Crippen LogP contribution in [0.2, 0.25) is 0 Å². The third-order valence-corrected chi connectivity index (χ3v) is 3.04. The molecule has 1 N–H and O–H groups in total. The third-order valence-electron chi connectivity index (χ3n) is 3.04. The fraction of sp³-hybridized carbons (Fsp3) is 0.133. The van der Waals surface area contributed by atoms with Crippen molar-refractivity contribution in [3.05, 3.63) is 60.0 Å². The molecule has 2 heterocycles. The van der Waals surface area contributed by atoms with Gasteiger partial charge in [0.05, 0.1) is 5.71 Å². The lowest BCUT2D eigenvalue weighted by molar-refractivity contribution is -0.125. The minimum atomic E-state index is -0.731. The van der Waals surface area contributed by atoms with Crippen molar-refractivity contribution in [1.82, 2.24) is 4.98 Å². The molecule has 0 bridgehead atoms. The van der Waals surface area contributed by atoms with Crippen LogP contribution in [0.4, 0.5) is 10.2 Å². The van der Waals surface area contributed by atoms with Gasteiger partial charge in [0.15, 0.2) is 0 Å². The zero-order chi connectivity index (χ0) is 14.7. The van der Waals surface area contributed by atoms with Gasteiger partial charge in [0, 0.05) is 18.2 Å². The predicted octanol–water partition coefficient (Wildman–Crippen LogP) is 2.35. The van der Waals surface area contributed by atoms with E-state index >= 15 is 0 Å². The van der Waals surface area contributed by atoms with Gasteiger partial charge in [-0.1, -0.05) is 23.4 Å². The lowest BCUT2D eigenvalue weighted by Crippen LogP contribution is -2.28. The highest BCUT2D eigenvalue weighted by atomic mass is 19.1. The summed E-state index contributed by atoms with van der Waals surface area (Å²) < 4.78 is 13.2. The first-order valence-electron chi connectivity index (χ1n) is 6.43. The number of aromatic nitrogens is 1. The summed E-state index contributed by atoms with van der Waals surface area (Å²) in [5, 5.41) is 6.50. The SMILES string of the molecule is O=C(Nc1ccccn1)[C@H]1CC(c2cccc(F)c2)=NO1. The molecule has 0 fully saturated rings. The van der Waals surface area contributed by atoms with Gasteiger partial charge in [-0.3, -0.25) is 4.79 Å². The molecule has 0 aliphatic carbocycles. The quantitative estimate of drug-likeness (QED) is 0.941. The maximum Gasteiger partial charge on any atom is 0.269 e. The maximum absolute atomic E-state index is 13.2. The van der Waals surface area contributed by atoms with Crippen LogP contribution in [0.5, 0.6) is 0 Å². The third kappa shape index (κ3) is 3.05. The molecule has 5 nitrogen and oxygen atoms in total. The summed E-state index contributed by atoms with van der Waals surface area (Å²) in [7, 11) is 0. The zero-order valence-corrected chi connectivity index (χ0v) is 11.0. The number of oxime groups is 1. The Morgan fingerprint density at radius 3 is 2.95 bits per heavy atom. The molecule has 0 spiro atoms. The van der Waals surface area contributed by atoms with Crippen molar-refractivity contribution in [3.63, 3.8) is 0 Å². The zero-order valence-electron chi connectivity index (χ0n) is 11.0. The topological polar surface area (TPSA) is 63.6 Å². The predicted molar refractivity (Wildman–Crippen MR) is 75.3 cm³/mol. The number of nitrogens with zero attached hydrogens (tertiary/aromatic N) is 2. The number of nitrogens with one attached hydrogen (secondary N) is 1. The molecule has 0 saturated heterocycles. The number of hydrogen-bond acceptors (Lipinski definition) is 4. The molecule has 0 radical (unpaired) electrons. The van der Waals surface area contributed by atoms with E-state index in [0.29, 0.717) is 23.5 Å². The fourth-order valence-electron chi connectivity index (χ4n) is 2.00. The van der Waals surface area contributed by atoms with Crippen molar-refractivity contribution in [1.29, 1.82) is 0 Å². The molecule has 1 aromatic carbocycles. The molecule has 3 rings (SSSR count). The van der Waals surface area contributed by atoms with Crippen LogP contribution < -0.4 is 5.32 Å². The average molecular weight is 285 g/mol. The number of hydrogen-bond donors (Lipinski definition) is 1. The van der Waals surface area contributed by atoms with Gasteiger partial charge in [-0.15, -0.1) is 0 Å². The summed E-state index contributed by atoms with van der Waals surface area (Å²) >= 11 is 0. The van der Waals surface area contributed by atoms with E-state index in [4.69, 9.17) is 4.84 Å². The van der Waals surface area contributed by atoms with Crippen LogP contribution in [0, 0.1) is 5.82 Å². The largest absolute Gasteiger partial charge is 0.382 e. The Balaban J connectivity index is 1.65. The normalized spacial score (nSPS) is 17.0. The maximum atomic E-state index is 13.2. The highest BCUT2D eigenvalue weighted by Crippen LogP contribution is 2.18. The standard InChI is InChI=1S/C15H12FN3O2/c16-11-5-3-4-10(8-11)12-9-13(21-19-12)15(20)18-14-6-1-2-7-17-14/h1-8,13H,9H2,(H,17,18,20)/t13-/m1/s1. The second kappa shape index (κ2) is 5.70. The number of benzene rings is 1. The average Bonchev–Trinajstić information content (AvgIpc) is 2.98. The molecule has 1 aliphatic rings. The highest BCUT2D eigenvalue weighted by molar-refractivity contribution is 6.05. The van der Waals surface area contributed by atoms with E-state index in [0.717, 1.165) is 0 Å². The Labute approximate surface area is 120 Å². The van der Waals surface area contributed by atoms with Gasteiger partial charge in [0.2, 0.25) is 6.10 Å². The molecule has 21 heavy (non-hydrogen) atoms. The van der Waals surface area contributed by atoms with Gasteiger partial charge in [0.1, 0.15) is 11.6 Å². The number of amides is 1. The van der Waals surface area contributed by atoms with Crippen molar-refractivity contribution in [2.24, 2.45) is 5.16 Å². The number of halogens is 1. The van der Waals surface area contributed by atoms with E-state index in [1.807, 2.05) is 0 Å². The van der Waals surface area contributed by atoms with Crippen molar-refractivity contribution in [3.8, 4) is 0 Å². The van der Waals surface area contributed by atoms with E-state index in [-0.39, 0.29) is 11.7 Å². The van der Waals surface area contributed by atoms with E-state index in [1.54, 1.807) is 36.5 Å². The monoisotopic (exact) mass is 285 g/mol. The summed E-state index contributed by atoms with van der Waals surface area (Å²) in [6.45, 7) is 0. The minimum absolute atomic E-state index is 0.294. The van der Waals surface area contributed by atoms with Crippen LogP contribution in [0.1, 0.15) is 12.0 Å². The summed E-state index contributed by atoms with van der Waals surface area (Å²) in [6, 6.07) is 11.2. The summed E-state index contributed by atoms with van der Waals surface area (Å²) in [6.07, 6.45) is 1.15. The molecular formula is C15H12FN3O2. The number of rotatable bonds is 3. The smallest absolute Gasteiger partial charge is 0.269 e. The molecule has 106 valence electrons. The lowest BCUT2D eigenvalue weighted by atomic mass is 10.0. The molecule has 0 unspecified atom stereocenters. The Morgan fingerprint density at radius 1 is 1.29 bits per heavy atom. The van der Waals surface area contributed by atoms with E-state index in [2.05, 4.69) is 15.5 Å².